The number of rotatable bonds is 6. The van der Waals surface area contributed by atoms with E-state index in [-0.39, 0.29) is 6.04 Å². The van der Waals surface area contributed by atoms with Gasteiger partial charge < -0.3 is 14.3 Å². The van der Waals surface area contributed by atoms with Gasteiger partial charge in [-0.1, -0.05) is 5.16 Å². The number of aromatic nitrogens is 4. The molecule has 0 saturated carbocycles. The molecule has 0 aromatic carbocycles. The lowest BCUT2D eigenvalue weighted by Gasteiger charge is -2.13. The summed E-state index contributed by atoms with van der Waals surface area (Å²) in [5, 5.41) is 11.8. The van der Waals surface area contributed by atoms with E-state index in [0.717, 1.165) is 17.9 Å². The lowest BCUT2D eigenvalue weighted by Crippen LogP contribution is -2.31. The van der Waals surface area contributed by atoms with Crippen molar-refractivity contribution in [3.63, 3.8) is 0 Å². The van der Waals surface area contributed by atoms with Crippen LogP contribution in [0.15, 0.2) is 33.4 Å². The Morgan fingerprint density at radius 3 is 2.91 bits per heavy atom. The highest BCUT2D eigenvalue weighted by Gasteiger charge is 2.12. The molecular weight excluding hydrogens is 282 g/mol. The molecule has 0 spiro atoms. The third-order valence-electron chi connectivity index (χ3n) is 3.36. The Hall–Kier alpha value is -2.41. The Morgan fingerprint density at radius 1 is 1.36 bits per heavy atom. The van der Waals surface area contributed by atoms with Gasteiger partial charge in [0.15, 0.2) is 11.6 Å². The fraction of sp³-hybridized carbons (Fsp3) is 0.400. The Bertz CT molecular complexity index is 729. The maximum absolute atomic E-state index is 5.22. The molecule has 0 saturated heterocycles. The molecule has 1 N–H and O–H groups in total. The molecular formula is C15H19N5O2. The molecule has 0 aliphatic rings. The van der Waals surface area contributed by atoms with Gasteiger partial charge in [0, 0.05) is 11.7 Å². The van der Waals surface area contributed by atoms with Crippen LogP contribution >= 0.6 is 0 Å². The molecule has 1 atom stereocenters. The molecule has 0 bridgehead atoms. The molecule has 0 aliphatic carbocycles. The SMILES string of the molecule is Cc1cc(C)n(C[C@@H](C)NCc2noc(-c3ccco3)n2)n1. The second-order valence-corrected chi connectivity index (χ2v) is 5.38. The topological polar surface area (TPSA) is 81.9 Å². The van der Waals surface area contributed by atoms with Crippen LogP contribution in [0, 0.1) is 13.8 Å². The average Bonchev–Trinajstić information content (AvgIpc) is 3.19. The summed E-state index contributed by atoms with van der Waals surface area (Å²) >= 11 is 0. The van der Waals surface area contributed by atoms with E-state index in [1.54, 1.807) is 18.4 Å². The molecule has 7 heteroatoms. The zero-order chi connectivity index (χ0) is 15.5. The minimum absolute atomic E-state index is 0.239. The standard InChI is InChI=1S/C15H19N5O2/c1-10-7-12(3)20(18-10)9-11(2)16-8-14-17-15(22-19-14)13-5-4-6-21-13/h4-7,11,16H,8-9H2,1-3H3/t11-/m1/s1. The lowest BCUT2D eigenvalue weighted by molar-refractivity contribution is 0.397. The second-order valence-electron chi connectivity index (χ2n) is 5.38. The summed E-state index contributed by atoms with van der Waals surface area (Å²) in [6.45, 7) is 7.48. The van der Waals surface area contributed by atoms with Gasteiger partial charge in [-0.3, -0.25) is 4.68 Å². The van der Waals surface area contributed by atoms with Crippen molar-refractivity contribution in [2.24, 2.45) is 0 Å². The Labute approximate surface area is 128 Å². The van der Waals surface area contributed by atoms with Crippen LogP contribution in [-0.4, -0.2) is 26.0 Å². The third-order valence-corrected chi connectivity index (χ3v) is 3.36. The fourth-order valence-corrected chi connectivity index (χ4v) is 2.28. The highest BCUT2D eigenvalue weighted by Crippen LogP contribution is 2.16. The molecule has 3 aromatic heterocycles. The predicted molar refractivity (Wildman–Crippen MR) is 80.0 cm³/mol. The Balaban J connectivity index is 1.55. The van der Waals surface area contributed by atoms with Gasteiger partial charge in [0.1, 0.15) is 0 Å². The molecule has 116 valence electrons. The van der Waals surface area contributed by atoms with Crippen molar-refractivity contribution in [2.45, 2.75) is 39.9 Å². The van der Waals surface area contributed by atoms with E-state index in [2.05, 4.69) is 40.5 Å². The van der Waals surface area contributed by atoms with Gasteiger partial charge in [-0.05, 0) is 39.0 Å². The summed E-state index contributed by atoms with van der Waals surface area (Å²) in [5.41, 5.74) is 2.19. The van der Waals surface area contributed by atoms with E-state index in [9.17, 15) is 0 Å². The normalized spacial score (nSPS) is 12.7. The minimum Gasteiger partial charge on any atom is -0.459 e. The second kappa shape index (κ2) is 6.15. The fourth-order valence-electron chi connectivity index (χ4n) is 2.28. The van der Waals surface area contributed by atoms with Crippen LogP contribution in [0.3, 0.4) is 0 Å². The highest BCUT2D eigenvalue weighted by molar-refractivity contribution is 5.42. The van der Waals surface area contributed by atoms with E-state index in [0.29, 0.717) is 24.0 Å². The van der Waals surface area contributed by atoms with Crippen molar-refractivity contribution in [1.82, 2.24) is 25.2 Å². The Kier molecular flexibility index (Phi) is 4.06. The lowest BCUT2D eigenvalue weighted by atomic mass is 10.3. The first kappa shape index (κ1) is 14.5. The van der Waals surface area contributed by atoms with Crippen LogP contribution in [-0.2, 0) is 13.1 Å². The quantitative estimate of drug-likeness (QED) is 0.752. The number of hydrogen-bond acceptors (Lipinski definition) is 6. The summed E-state index contributed by atoms with van der Waals surface area (Å²) in [6.07, 6.45) is 1.58. The van der Waals surface area contributed by atoms with E-state index in [1.807, 2.05) is 11.6 Å². The summed E-state index contributed by atoms with van der Waals surface area (Å²) in [5.74, 6) is 1.58. The van der Waals surface area contributed by atoms with Crippen LogP contribution in [0.4, 0.5) is 0 Å². The first-order valence-electron chi connectivity index (χ1n) is 7.22. The summed E-state index contributed by atoms with van der Waals surface area (Å²) in [4.78, 5) is 4.30. The number of hydrogen-bond donors (Lipinski definition) is 1. The van der Waals surface area contributed by atoms with Crippen molar-refractivity contribution in [3.8, 4) is 11.7 Å². The van der Waals surface area contributed by atoms with Crippen LogP contribution in [0.2, 0.25) is 0 Å². The summed E-state index contributed by atoms with van der Waals surface area (Å²) < 4.78 is 12.4. The van der Waals surface area contributed by atoms with Crippen molar-refractivity contribution >= 4 is 0 Å². The first-order chi connectivity index (χ1) is 10.6. The zero-order valence-electron chi connectivity index (χ0n) is 12.9. The zero-order valence-corrected chi connectivity index (χ0v) is 12.9. The van der Waals surface area contributed by atoms with Gasteiger partial charge in [0.05, 0.1) is 25.0 Å². The van der Waals surface area contributed by atoms with Crippen molar-refractivity contribution in [3.05, 3.63) is 41.7 Å². The molecule has 7 nitrogen and oxygen atoms in total. The van der Waals surface area contributed by atoms with Crippen LogP contribution in [0.5, 0.6) is 0 Å². The van der Waals surface area contributed by atoms with Crippen LogP contribution in [0.25, 0.3) is 11.7 Å². The van der Waals surface area contributed by atoms with E-state index >= 15 is 0 Å². The highest BCUT2D eigenvalue weighted by atomic mass is 16.5. The third kappa shape index (κ3) is 3.25. The Morgan fingerprint density at radius 2 is 2.23 bits per heavy atom. The number of nitrogens with zero attached hydrogens (tertiary/aromatic N) is 4. The number of aryl methyl sites for hydroxylation is 2. The van der Waals surface area contributed by atoms with E-state index in [1.165, 1.54) is 0 Å². The van der Waals surface area contributed by atoms with Gasteiger partial charge in [0.25, 0.3) is 5.89 Å². The smallest absolute Gasteiger partial charge is 0.293 e. The predicted octanol–water partition coefficient (Wildman–Crippen LogP) is 2.32. The molecule has 0 unspecified atom stereocenters. The van der Waals surface area contributed by atoms with Gasteiger partial charge in [-0.25, -0.2) is 0 Å². The summed E-state index contributed by atoms with van der Waals surface area (Å²) in [7, 11) is 0. The first-order valence-corrected chi connectivity index (χ1v) is 7.22. The van der Waals surface area contributed by atoms with Gasteiger partial charge in [0.2, 0.25) is 0 Å². The number of nitrogens with one attached hydrogen (secondary N) is 1. The van der Waals surface area contributed by atoms with Crippen molar-refractivity contribution in [1.29, 1.82) is 0 Å². The molecule has 22 heavy (non-hydrogen) atoms. The van der Waals surface area contributed by atoms with Crippen LogP contribution in [0.1, 0.15) is 24.1 Å². The summed E-state index contributed by atoms with van der Waals surface area (Å²) in [6, 6.07) is 5.88. The number of furan rings is 1. The largest absolute Gasteiger partial charge is 0.459 e. The van der Waals surface area contributed by atoms with Gasteiger partial charge >= 0.3 is 0 Å². The van der Waals surface area contributed by atoms with E-state index < -0.39 is 0 Å². The molecule has 3 heterocycles. The molecule has 3 aromatic rings. The van der Waals surface area contributed by atoms with Gasteiger partial charge in [-0.15, -0.1) is 0 Å². The van der Waals surface area contributed by atoms with Crippen molar-refractivity contribution in [2.75, 3.05) is 0 Å². The molecule has 0 amide bonds. The average molecular weight is 301 g/mol. The van der Waals surface area contributed by atoms with Crippen LogP contribution < -0.4 is 5.32 Å². The maximum Gasteiger partial charge on any atom is 0.293 e. The van der Waals surface area contributed by atoms with E-state index in [4.69, 9.17) is 8.94 Å². The monoisotopic (exact) mass is 301 g/mol. The molecule has 0 fully saturated rings. The molecule has 0 aliphatic heterocycles. The maximum atomic E-state index is 5.22. The molecule has 3 rings (SSSR count). The van der Waals surface area contributed by atoms with Crippen molar-refractivity contribution < 1.29 is 8.94 Å². The minimum atomic E-state index is 0.239. The molecule has 0 radical (unpaired) electrons. The van der Waals surface area contributed by atoms with Gasteiger partial charge in [-0.2, -0.15) is 10.1 Å².